The summed E-state index contributed by atoms with van der Waals surface area (Å²) in [5, 5.41) is 4.83. The Bertz CT molecular complexity index is 537. The van der Waals surface area contributed by atoms with Crippen LogP contribution in [0.1, 0.15) is 29.9 Å². The lowest BCUT2D eigenvalue weighted by Gasteiger charge is -2.18. The van der Waals surface area contributed by atoms with Crippen LogP contribution < -0.4 is 11.3 Å². The van der Waals surface area contributed by atoms with E-state index in [1.807, 2.05) is 30.7 Å². The standard InChI is InChI=1S/C12H16ClN5/c1-3-18-12(10(13)7-16-18)11(17-14)9-4-5-15-8(2)6-9/h4-7,11,17H,3,14H2,1-2H3. The number of nitrogens with one attached hydrogen (secondary N) is 1. The van der Waals surface area contributed by atoms with E-state index in [-0.39, 0.29) is 6.04 Å². The lowest BCUT2D eigenvalue weighted by molar-refractivity contribution is 0.543. The molecule has 3 N–H and O–H groups in total. The minimum absolute atomic E-state index is 0.193. The Balaban J connectivity index is 2.48. The highest BCUT2D eigenvalue weighted by molar-refractivity contribution is 6.31. The molecule has 2 rings (SSSR count). The third-order valence-corrected chi connectivity index (χ3v) is 3.12. The fourth-order valence-electron chi connectivity index (χ4n) is 1.99. The van der Waals surface area contributed by atoms with Gasteiger partial charge in [-0.25, -0.2) is 5.43 Å². The van der Waals surface area contributed by atoms with Crippen LogP contribution in [-0.4, -0.2) is 14.8 Å². The van der Waals surface area contributed by atoms with Crippen molar-refractivity contribution in [2.24, 2.45) is 5.84 Å². The van der Waals surface area contributed by atoms with Crippen LogP contribution in [-0.2, 0) is 6.54 Å². The molecule has 6 heteroatoms. The van der Waals surface area contributed by atoms with Gasteiger partial charge >= 0.3 is 0 Å². The molecule has 18 heavy (non-hydrogen) atoms. The highest BCUT2D eigenvalue weighted by atomic mass is 35.5. The molecule has 0 saturated heterocycles. The molecule has 0 radical (unpaired) electrons. The first-order valence-electron chi connectivity index (χ1n) is 5.77. The van der Waals surface area contributed by atoms with Crippen molar-refractivity contribution >= 4 is 11.6 Å². The minimum atomic E-state index is -0.193. The van der Waals surface area contributed by atoms with Crippen molar-refractivity contribution in [3.05, 3.63) is 46.5 Å². The van der Waals surface area contributed by atoms with Gasteiger partial charge in [-0.1, -0.05) is 11.6 Å². The summed E-state index contributed by atoms with van der Waals surface area (Å²) in [6, 6.07) is 3.70. The summed E-state index contributed by atoms with van der Waals surface area (Å²) in [5.41, 5.74) is 5.61. The Morgan fingerprint density at radius 1 is 1.56 bits per heavy atom. The first-order chi connectivity index (χ1) is 8.67. The van der Waals surface area contributed by atoms with Crippen molar-refractivity contribution in [2.45, 2.75) is 26.4 Å². The Morgan fingerprint density at radius 3 is 2.94 bits per heavy atom. The number of hydrazine groups is 1. The number of nitrogens with two attached hydrogens (primary N) is 1. The van der Waals surface area contributed by atoms with E-state index in [0.717, 1.165) is 23.5 Å². The minimum Gasteiger partial charge on any atom is -0.271 e. The SMILES string of the molecule is CCn1ncc(Cl)c1C(NN)c1ccnc(C)c1. The highest BCUT2D eigenvalue weighted by Crippen LogP contribution is 2.27. The molecular formula is C12H16ClN5. The number of aromatic nitrogens is 3. The molecule has 0 aliphatic heterocycles. The summed E-state index contributed by atoms with van der Waals surface area (Å²) in [5.74, 6) is 5.67. The highest BCUT2D eigenvalue weighted by Gasteiger charge is 2.20. The molecule has 0 aliphatic rings. The van der Waals surface area contributed by atoms with E-state index in [9.17, 15) is 0 Å². The van der Waals surface area contributed by atoms with Crippen LogP contribution in [0.15, 0.2) is 24.5 Å². The summed E-state index contributed by atoms with van der Waals surface area (Å²) in [6.45, 7) is 4.69. The third kappa shape index (κ3) is 2.38. The average molecular weight is 266 g/mol. The maximum atomic E-state index is 6.19. The first-order valence-corrected chi connectivity index (χ1v) is 6.15. The van der Waals surface area contributed by atoms with Gasteiger partial charge in [-0.3, -0.25) is 15.5 Å². The second-order valence-electron chi connectivity index (χ2n) is 4.02. The van der Waals surface area contributed by atoms with Crippen molar-refractivity contribution in [1.29, 1.82) is 0 Å². The first kappa shape index (κ1) is 13.0. The molecule has 2 aromatic rings. The molecule has 0 fully saturated rings. The van der Waals surface area contributed by atoms with Crippen LogP contribution in [0.2, 0.25) is 5.02 Å². The van der Waals surface area contributed by atoms with Crippen molar-refractivity contribution < 1.29 is 0 Å². The van der Waals surface area contributed by atoms with Crippen LogP contribution in [0.4, 0.5) is 0 Å². The molecule has 5 nitrogen and oxygen atoms in total. The lowest BCUT2D eigenvalue weighted by atomic mass is 10.0. The van der Waals surface area contributed by atoms with E-state index >= 15 is 0 Å². The predicted octanol–water partition coefficient (Wildman–Crippen LogP) is 1.81. The van der Waals surface area contributed by atoms with E-state index < -0.39 is 0 Å². The molecule has 0 spiro atoms. The van der Waals surface area contributed by atoms with E-state index in [4.69, 9.17) is 17.4 Å². The number of pyridine rings is 1. The lowest BCUT2D eigenvalue weighted by Crippen LogP contribution is -2.31. The number of nitrogens with zero attached hydrogens (tertiary/aromatic N) is 3. The summed E-state index contributed by atoms with van der Waals surface area (Å²) >= 11 is 6.19. The van der Waals surface area contributed by atoms with Gasteiger partial charge in [-0.15, -0.1) is 0 Å². The monoisotopic (exact) mass is 265 g/mol. The molecule has 1 atom stereocenters. The average Bonchev–Trinajstić information content (AvgIpc) is 2.72. The molecule has 0 saturated carbocycles. The number of halogens is 1. The zero-order valence-electron chi connectivity index (χ0n) is 10.4. The van der Waals surface area contributed by atoms with Crippen LogP contribution >= 0.6 is 11.6 Å². The van der Waals surface area contributed by atoms with Gasteiger partial charge in [0, 0.05) is 18.4 Å². The number of rotatable bonds is 4. The van der Waals surface area contributed by atoms with Gasteiger partial charge in [0.15, 0.2) is 0 Å². The van der Waals surface area contributed by atoms with Crippen LogP contribution in [0, 0.1) is 6.92 Å². The van der Waals surface area contributed by atoms with E-state index in [1.165, 1.54) is 0 Å². The number of hydrogen-bond donors (Lipinski definition) is 2. The maximum Gasteiger partial charge on any atom is 0.0894 e. The molecule has 0 amide bonds. The predicted molar refractivity (Wildman–Crippen MR) is 71.1 cm³/mol. The maximum absolute atomic E-state index is 6.19. The zero-order chi connectivity index (χ0) is 13.1. The molecule has 2 aromatic heterocycles. The van der Waals surface area contributed by atoms with Crippen molar-refractivity contribution in [3.63, 3.8) is 0 Å². The number of aryl methyl sites for hydroxylation is 2. The molecule has 0 aliphatic carbocycles. The van der Waals surface area contributed by atoms with E-state index in [0.29, 0.717) is 5.02 Å². The Morgan fingerprint density at radius 2 is 2.33 bits per heavy atom. The normalized spacial score (nSPS) is 12.7. The molecule has 2 heterocycles. The van der Waals surface area contributed by atoms with Gasteiger partial charge in [0.1, 0.15) is 0 Å². The van der Waals surface area contributed by atoms with Crippen molar-refractivity contribution in [3.8, 4) is 0 Å². The fourth-order valence-corrected chi connectivity index (χ4v) is 2.24. The number of hydrogen-bond acceptors (Lipinski definition) is 4. The molecular weight excluding hydrogens is 250 g/mol. The second-order valence-corrected chi connectivity index (χ2v) is 4.43. The summed E-state index contributed by atoms with van der Waals surface area (Å²) < 4.78 is 1.84. The summed E-state index contributed by atoms with van der Waals surface area (Å²) in [6.07, 6.45) is 3.40. The van der Waals surface area contributed by atoms with Gasteiger partial charge in [0.25, 0.3) is 0 Å². The Kier molecular flexibility index (Phi) is 3.96. The quantitative estimate of drug-likeness (QED) is 0.654. The van der Waals surface area contributed by atoms with Gasteiger partial charge < -0.3 is 0 Å². The van der Waals surface area contributed by atoms with Crippen molar-refractivity contribution in [2.75, 3.05) is 0 Å². The third-order valence-electron chi connectivity index (χ3n) is 2.83. The van der Waals surface area contributed by atoms with Gasteiger partial charge in [0.05, 0.1) is 23.0 Å². The van der Waals surface area contributed by atoms with E-state index in [2.05, 4.69) is 15.5 Å². The van der Waals surface area contributed by atoms with Crippen LogP contribution in [0.25, 0.3) is 0 Å². The van der Waals surface area contributed by atoms with Crippen molar-refractivity contribution in [1.82, 2.24) is 20.2 Å². The smallest absolute Gasteiger partial charge is 0.0894 e. The molecule has 0 aromatic carbocycles. The van der Waals surface area contributed by atoms with Crippen LogP contribution in [0.5, 0.6) is 0 Å². The van der Waals surface area contributed by atoms with Gasteiger partial charge in [0.2, 0.25) is 0 Å². The summed E-state index contributed by atoms with van der Waals surface area (Å²) in [4.78, 5) is 4.18. The second kappa shape index (κ2) is 5.48. The largest absolute Gasteiger partial charge is 0.271 e. The van der Waals surface area contributed by atoms with Gasteiger partial charge in [-0.05, 0) is 31.5 Å². The fraction of sp³-hybridized carbons (Fsp3) is 0.333. The topological polar surface area (TPSA) is 68.8 Å². The molecule has 0 bridgehead atoms. The Labute approximate surface area is 111 Å². The van der Waals surface area contributed by atoms with E-state index in [1.54, 1.807) is 12.4 Å². The summed E-state index contributed by atoms with van der Waals surface area (Å²) in [7, 11) is 0. The van der Waals surface area contributed by atoms with Gasteiger partial charge in [-0.2, -0.15) is 5.10 Å². The molecule has 96 valence electrons. The Hall–Kier alpha value is -1.43. The zero-order valence-corrected chi connectivity index (χ0v) is 11.1. The van der Waals surface area contributed by atoms with Crippen LogP contribution in [0.3, 0.4) is 0 Å². The molecule has 1 unspecified atom stereocenters.